The number of carbonyl (C=O) groups is 2. The van der Waals surface area contributed by atoms with E-state index in [1.165, 1.54) is 19.4 Å². The van der Waals surface area contributed by atoms with Gasteiger partial charge in [-0.2, -0.15) is 5.26 Å². The number of likely N-dealkylation sites (tertiary alicyclic amines) is 1. The number of halogens is 1. The van der Waals surface area contributed by atoms with Crippen LogP contribution in [0.2, 0.25) is 0 Å². The first-order valence-corrected chi connectivity index (χ1v) is 13.5. The lowest BCUT2D eigenvalue weighted by molar-refractivity contribution is -0.933. The van der Waals surface area contributed by atoms with Gasteiger partial charge < -0.3 is 9.80 Å². The zero-order valence-electron chi connectivity index (χ0n) is 22.7. The predicted octanol–water partition coefficient (Wildman–Crippen LogP) is 5.34. The van der Waals surface area contributed by atoms with Crippen LogP contribution in [0.15, 0.2) is 47.5 Å². The molecular weight excluding hydrogens is 481 g/mol. The Morgan fingerprint density at radius 3 is 2.24 bits per heavy atom. The number of nitrogens with one attached hydrogen (secondary N) is 2. The highest BCUT2D eigenvalue weighted by atomic mass is 19.1. The number of ketones is 2. The number of Topliss-reactive ketones (excluding diaryl/α,β-unsaturated/α-hetero) is 2. The Bertz CT molecular complexity index is 1150. The van der Waals surface area contributed by atoms with E-state index in [-0.39, 0.29) is 17.4 Å². The van der Waals surface area contributed by atoms with Crippen molar-refractivity contribution in [2.45, 2.75) is 52.9 Å². The maximum Gasteiger partial charge on any atom is 0.209 e. The number of rotatable bonds is 11. The van der Waals surface area contributed by atoms with Gasteiger partial charge in [0.05, 0.1) is 26.2 Å². The van der Waals surface area contributed by atoms with Crippen molar-refractivity contribution in [1.82, 2.24) is 5.32 Å². The van der Waals surface area contributed by atoms with Crippen molar-refractivity contribution < 1.29 is 18.5 Å². The van der Waals surface area contributed by atoms with Gasteiger partial charge >= 0.3 is 0 Å². The number of benzene rings is 2. The Balaban J connectivity index is 1.58. The molecule has 0 bridgehead atoms. The molecule has 1 aliphatic rings. The van der Waals surface area contributed by atoms with Crippen LogP contribution >= 0.6 is 0 Å². The van der Waals surface area contributed by atoms with Gasteiger partial charge in [-0.3, -0.25) is 19.9 Å². The van der Waals surface area contributed by atoms with Gasteiger partial charge in [-0.05, 0) is 81.3 Å². The number of nitrogens with zero attached hydrogens (tertiary/aromatic N) is 3. The number of aliphatic imine (C=N–C) groups is 1. The van der Waals surface area contributed by atoms with Crippen molar-refractivity contribution in [2.24, 2.45) is 10.9 Å². The molecule has 1 fully saturated rings. The number of guanidine groups is 1. The Morgan fingerprint density at radius 1 is 1.05 bits per heavy atom. The molecule has 0 atom stereocenters. The largest absolute Gasteiger partial charge is 0.325 e. The molecule has 8 heteroatoms. The van der Waals surface area contributed by atoms with Crippen LogP contribution in [-0.2, 0) is 6.42 Å². The molecule has 0 saturated carbocycles. The minimum Gasteiger partial charge on any atom is -0.325 e. The summed E-state index contributed by atoms with van der Waals surface area (Å²) in [6.45, 7) is 10.1. The summed E-state index contributed by atoms with van der Waals surface area (Å²) in [5.74, 6) is 0.446. The van der Waals surface area contributed by atoms with E-state index in [1.807, 2.05) is 18.3 Å². The second kappa shape index (κ2) is 13.8. The SMILES string of the molecule is CCC[N+]1(CCCN=C(NC#N)Nc2cc(C(C)=O)cc(C(C)=O)c2)CCC(Cc2ccc(F)cc2)CC1. The van der Waals surface area contributed by atoms with E-state index >= 15 is 0 Å². The molecule has 0 unspecified atom stereocenters. The van der Waals surface area contributed by atoms with Gasteiger partial charge in [0.1, 0.15) is 5.82 Å². The maximum atomic E-state index is 13.2. The molecule has 7 nitrogen and oxygen atoms in total. The van der Waals surface area contributed by atoms with Crippen LogP contribution in [0.1, 0.15) is 72.7 Å². The molecule has 0 aliphatic carbocycles. The van der Waals surface area contributed by atoms with Crippen LogP contribution < -0.4 is 10.6 Å². The van der Waals surface area contributed by atoms with Gasteiger partial charge in [0.15, 0.2) is 17.8 Å². The molecule has 0 amide bonds. The number of carbonyl (C=O) groups excluding carboxylic acids is 2. The van der Waals surface area contributed by atoms with Crippen molar-refractivity contribution >= 4 is 23.2 Å². The lowest BCUT2D eigenvalue weighted by Crippen LogP contribution is -2.54. The molecule has 202 valence electrons. The number of hydrogen-bond acceptors (Lipinski definition) is 4. The van der Waals surface area contributed by atoms with E-state index in [4.69, 9.17) is 0 Å². The molecule has 1 saturated heterocycles. The van der Waals surface area contributed by atoms with E-state index in [0.717, 1.165) is 62.8 Å². The standard InChI is InChI=1S/C30H39FN5O2/c1-4-13-36(15-10-25(11-16-36)17-24-6-8-28(31)9-7-24)14-5-12-33-30(34-21-32)35-29-19-26(22(2)37)18-27(20-29)23(3)38/h6-9,18-20,25H,4-5,10-17H2,1-3H3,(H2,33,34,35)/q+1. The number of quaternary nitrogens is 1. The Labute approximate surface area is 225 Å². The number of nitriles is 1. The fourth-order valence-electron chi connectivity index (χ4n) is 5.36. The van der Waals surface area contributed by atoms with Crippen molar-refractivity contribution in [3.05, 3.63) is 65.0 Å². The van der Waals surface area contributed by atoms with Crippen molar-refractivity contribution in [1.29, 1.82) is 5.26 Å². The second-order valence-corrected chi connectivity index (χ2v) is 10.4. The summed E-state index contributed by atoms with van der Waals surface area (Å²) in [6.07, 6.45) is 7.24. The highest BCUT2D eigenvalue weighted by molar-refractivity contribution is 6.03. The first-order chi connectivity index (χ1) is 18.2. The van der Waals surface area contributed by atoms with Crippen LogP contribution in [0.4, 0.5) is 10.1 Å². The summed E-state index contributed by atoms with van der Waals surface area (Å²) < 4.78 is 14.3. The number of hydrogen-bond donors (Lipinski definition) is 2. The lowest BCUT2D eigenvalue weighted by Gasteiger charge is -2.44. The predicted molar refractivity (Wildman–Crippen MR) is 149 cm³/mol. The third-order valence-corrected chi connectivity index (χ3v) is 7.40. The van der Waals surface area contributed by atoms with Gasteiger partial charge in [-0.15, -0.1) is 0 Å². The third-order valence-electron chi connectivity index (χ3n) is 7.40. The Hall–Kier alpha value is -3.57. The average Bonchev–Trinajstić information content (AvgIpc) is 2.89. The van der Waals surface area contributed by atoms with Gasteiger partial charge in [-0.25, -0.2) is 4.39 Å². The Morgan fingerprint density at radius 2 is 1.68 bits per heavy atom. The summed E-state index contributed by atoms with van der Waals surface area (Å²) in [6, 6.07) is 11.8. The van der Waals surface area contributed by atoms with Crippen molar-refractivity contribution in [3.8, 4) is 6.19 Å². The quantitative estimate of drug-likeness (QED) is 0.0793. The summed E-state index contributed by atoms with van der Waals surface area (Å²) in [7, 11) is 0. The van der Waals surface area contributed by atoms with Gasteiger partial charge in [0.25, 0.3) is 0 Å². The molecule has 38 heavy (non-hydrogen) atoms. The van der Waals surface area contributed by atoms with Crippen molar-refractivity contribution in [2.75, 3.05) is 38.0 Å². The monoisotopic (exact) mass is 520 g/mol. The van der Waals surface area contributed by atoms with E-state index in [2.05, 4.69) is 22.5 Å². The smallest absolute Gasteiger partial charge is 0.209 e. The lowest BCUT2D eigenvalue weighted by atomic mass is 9.88. The topological polar surface area (TPSA) is 94.3 Å². The van der Waals surface area contributed by atoms with Gasteiger partial charge in [-0.1, -0.05) is 19.1 Å². The first-order valence-electron chi connectivity index (χ1n) is 13.5. The molecule has 2 aromatic rings. The normalized spacial score (nSPS) is 19.4. The zero-order valence-corrected chi connectivity index (χ0v) is 22.7. The van der Waals surface area contributed by atoms with E-state index < -0.39 is 0 Å². The average molecular weight is 521 g/mol. The van der Waals surface area contributed by atoms with Gasteiger partial charge in [0.2, 0.25) is 5.96 Å². The van der Waals surface area contributed by atoms with Crippen LogP contribution in [0.3, 0.4) is 0 Å². The molecular formula is C30H39FN5O2+. The molecule has 2 N–H and O–H groups in total. The van der Waals surface area contributed by atoms with E-state index in [0.29, 0.717) is 35.2 Å². The molecule has 2 aromatic carbocycles. The molecule has 1 heterocycles. The maximum absolute atomic E-state index is 13.2. The van der Waals surface area contributed by atoms with Crippen LogP contribution in [0, 0.1) is 23.2 Å². The Kier molecular flexibility index (Phi) is 10.5. The van der Waals surface area contributed by atoms with E-state index in [1.54, 1.807) is 30.3 Å². The molecule has 1 aliphatic heterocycles. The summed E-state index contributed by atoms with van der Waals surface area (Å²) in [5, 5.41) is 14.8. The molecule has 0 spiro atoms. The zero-order chi connectivity index (χ0) is 27.5. The summed E-state index contributed by atoms with van der Waals surface area (Å²) >= 11 is 0. The van der Waals surface area contributed by atoms with Crippen LogP contribution in [-0.4, -0.2) is 54.7 Å². The summed E-state index contributed by atoms with van der Waals surface area (Å²) in [5.41, 5.74) is 2.58. The van der Waals surface area contributed by atoms with Crippen LogP contribution in [0.25, 0.3) is 0 Å². The number of piperidine rings is 1. The highest BCUT2D eigenvalue weighted by Crippen LogP contribution is 2.27. The summed E-state index contributed by atoms with van der Waals surface area (Å²) in [4.78, 5) is 28.4. The fourth-order valence-corrected chi connectivity index (χ4v) is 5.36. The van der Waals surface area contributed by atoms with Gasteiger partial charge in [0, 0.05) is 29.8 Å². The fraction of sp³-hybridized carbons (Fsp3) is 0.467. The van der Waals surface area contributed by atoms with E-state index in [9.17, 15) is 19.2 Å². The van der Waals surface area contributed by atoms with Crippen LogP contribution in [0.5, 0.6) is 0 Å². The van der Waals surface area contributed by atoms with Crippen molar-refractivity contribution in [3.63, 3.8) is 0 Å². The minimum atomic E-state index is -0.188. The molecule has 0 aromatic heterocycles. The number of anilines is 1. The second-order valence-electron chi connectivity index (χ2n) is 10.4. The highest BCUT2D eigenvalue weighted by Gasteiger charge is 2.32. The third kappa shape index (κ3) is 8.49. The molecule has 3 rings (SSSR count). The molecule has 0 radical (unpaired) electrons. The first kappa shape index (κ1) is 29.0. The minimum absolute atomic E-state index is 0.144.